The van der Waals surface area contributed by atoms with E-state index in [1.165, 1.54) is 17.4 Å². The van der Waals surface area contributed by atoms with Crippen LogP contribution in [0.4, 0.5) is 0 Å². The lowest BCUT2D eigenvalue weighted by molar-refractivity contribution is 0.105. The molecule has 6 heteroatoms. The van der Waals surface area contributed by atoms with Crippen LogP contribution < -0.4 is 14.2 Å². The highest BCUT2D eigenvalue weighted by atomic mass is 32.1. The van der Waals surface area contributed by atoms with Crippen molar-refractivity contribution >= 4 is 23.2 Å². The Bertz CT molecular complexity index is 706. The van der Waals surface area contributed by atoms with Gasteiger partial charge in [-0.05, 0) is 25.1 Å². The van der Waals surface area contributed by atoms with E-state index in [0.717, 1.165) is 11.3 Å². The lowest BCUT2D eigenvalue weighted by Crippen LogP contribution is -1.96. The van der Waals surface area contributed by atoms with Gasteiger partial charge < -0.3 is 14.2 Å². The number of benzene rings is 1. The molecule has 0 atom stereocenters. The Labute approximate surface area is 133 Å². The van der Waals surface area contributed by atoms with Crippen LogP contribution in [0.2, 0.25) is 0 Å². The monoisotopic (exact) mass is 319 g/mol. The first-order valence-corrected chi connectivity index (χ1v) is 7.41. The maximum Gasteiger partial charge on any atom is 0.197 e. The van der Waals surface area contributed by atoms with E-state index in [2.05, 4.69) is 4.98 Å². The Morgan fingerprint density at radius 2 is 1.73 bits per heavy atom. The maximum atomic E-state index is 12.2. The SMILES string of the molecule is COc1cc(OC)c(OC)cc1C=CC(=O)c1scnc1C. The summed E-state index contributed by atoms with van der Waals surface area (Å²) in [6, 6.07) is 3.49. The molecule has 1 aromatic heterocycles. The number of aromatic nitrogens is 1. The lowest BCUT2D eigenvalue weighted by Gasteiger charge is -2.12. The number of ketones is 1. The third kappa shape index (κ3) is 3.28. The summed E-state index contributed by atoms with van der Waals surface area (Å²) in [6.45, 7) is 1.81. The van der Waals surface area contributed by atoms with Crippen molar-refractivity contribution in [2.75, 3.05) is 21.3 Å². The van der Waals surface area contributed by atoms with Gasteiger partial charge in [0.1, 0.15) is 5.75 Å². The third-order valence-electron chi connectivity index (χ3n) is 3.12. The Balaban J connectivity index is 2.34. The lowest BCUT2D eigenvalue weighted by atomic mass is 10.1. The molecule has 2 rings (SSSR count). The van der Waals surface area contributed by atoms with Gasteiger partial charge in [-0.25, -0.2) is 4.98 Å². The molecule has 1 heterocycles. The zero-order chi connectivity index (χ0) is 16.1. The van der Waals surface area contributed by atoms with Crippen molar-refractivity contribution in [3.63, 3.8) is 0 Å². The molecule has 0 radical (unpaired) electrons. The predicted octanol–water partition coefficient (Wildman–Crippen LogP) is 3.37. The first-order valence-electron chi connectivity index (χ1n) is 6.53. The van der Waals surface area contributed by atoms with Gasteiger partial charge in [-0.3, -0.25) is 4.79 Å². The average molecular weight is 319 g/mol. The Kier molecular flexibility index (Phi) is 5.16. The van der Waals surface area contributed by atoms with Crippen LogP contribution in [-0.4, -0.2) is 32.1 Å². The van der Waals surface area contributed by atoms with E-state index in [4.69, 9.17) is 14.2 Å². The molecule has 2 aromatic rings. The molecule has 0 N–H and O–H groups in total. The number of carbonyl (C=O) groups is 1. The smallest absolute Gasteiger partial charge is 0.197 e. The predicted molar refractivity (Wildman–Crippen MR) is 86.3 cm³/mol. The molecule has 0 amide bonds. The Morgan fingerprint density at radius 3 is 2.27 bits per heavy atom. The van der Waals surface area contributed by atoms with Crippen LogP contribution in [0.15, 0.2) is 23.7 Å². The zero-order valence-electron chi connectivity index (χ0n) is 12.9. The number of rotatable bonds is 6. The molecular weight excluding hydrogens is 302 g/mol. The summed E-state index contributed by atoms with van der Waals surface area (Å²) >= 11 is 1.33. The second-order valence-corrected chi connectivity index (χ2v) is 5.27. The Hall–Kier alpha value is -2.34. The summed E-state index contributed by atoms with van der Waals surface area (Å²) in [5.74, 6) is 1.66. The number of methoxy groups -OCH3 is 3. The highest BCUT2D eigenvalue weighted by Gasteiger charge is 2.12. The number of hydrogen-bond donors (Lipinski definition) is 0. The molecular formula is C16H17NO4S. The second-order valence-electron chi connectivity index (χ2n) is 4.41. The molecule has 0 unspecified atom stereocenters. The van der Waals surface area contributed by atoms with Gasteiger partial charge in [-0.1, -0.05) is 0 Å². The van der Waals surface area contributed by atoms with Crippen molar-refractivity contribution < 1.29 is 19.0 Å². The van der Waals surface area contributed by atoms with E-state index in [9.17, 15) is 4.79 Å². The molecule has 5 nitrogen and oxygen atoms in total. The standard InChI is InChI=1S/C16H17NO4S/c1-10-16(22-9-17-10)12(18)6-5-11-7-14(20-3)15(21-4)8-13(11)19-2/h5-9H,1-4H3. The van der Waals surface area contributed by atoms with Gasteiger partial charge in [0, 0.05) is 11.6 Å². The van der Waals surface area contributed by atoms with Crippen molar-refractivity contribution in [2.45, 2.75) is 6.92 Å². The summed E-state index contributed by atoms with van der Waals surface area (Å²) < 4.78 is 15.8. The van der Waals surface area contributed by atoms with Crippen molar-refractivity contribution in [3.8, 4) is 17.2 Å². The van der Waals surface area contributed by atoms with E-state index >= 15 is 0 Å². The van der Waals surface area contributed by atoms with Crippen molar-refractivity contribution in [2.24, 2.45) is 0 Å². The van der Waals surface area contributed by atoms with Crippen LogP contribution in [0.5, 0.6) is 17.2 Å². The van der Waals surface area contributed by atoms with Gasteiger partial charge in [-0.2, -0.15) is 0 Å². The molecule has 22 heavy (non-hydrogen) atoms. The number of allylic oxidation sites excluding steroid dienone is 1. The number of ether oxygens (including phenoxy) is 3. The summed E-state index contributed by atoms with van der Waals surface area (Å²) in [5.41, 5.74) is 3.13. The van der Waals surface area contributed by atoms with Gasteiger partial charge in [0.15, 0.2) is 17.3 Å². The molecule has 0 bridgehead atoms. The van der Waals surface area contributed by atoms with Gasteiger partial charge >= 0.3 is 0 Å². The van der Waals surface area contributed by atoms with Gasteiger partial charge in [-0.15, -0.1) is 11.3 Å². The molecule has 0 saturated heterocycles. The van der Waals surface area contributed by atoms with Crippen LogP contribution in [0.1, 0.15) is 20.9 Å². The molecule has 0 aliphatic rings. The van der Waals surface area contributed by atoms with E-state index in [0.29, 0.717) is 22.1 Å². The van der Waals surface area contributed by atoms with Crippen LogP contribution in [0, 0.1) is 6.92 Å². The number of nitrogens with zero attached hydrogens (tertiary/aromatic N) is 1. The molecule has 0 spiro atoms. The first kappa shape index (κ1) is 16.0. The highest BCUT2D eigenvalue weighted by Crippen LogP contribution is 2.35. The highest BCUT2D eigenvalue weighted by molar-refractivity contribution is 7.12. The fourth-order valence-electron chi connectivity index (χ4n) is 1.96. The number of hydrogen-bond acceptors (Lipinski definition) is 6. The van der Waals surface area contributed by atoms with Crippen LogP contribution in [0.25, 0.3) is 6.08 Å². The van der Waals surface area contributed by atoms with Crippen molar-refractivity contribution in [3.05, 3.63) is 39.9 Å². The van der Waals surface area contributed by atoms with Crippen molar-refractivity contribution in [1.82, 2.24) is 4.98 Å². The summed E-state index contributed by atoms with van der Waals surface area (Å²) in [4.78, 5) is 16.9. The number of carbonyl (C=O) groups excluding carboxylic acids is 1. The van der Waals surface area contributed by atoms with E-state index in [1.54, 1.807) is 45.0 Å². The normalized spacial score (nSPS) is 10.7. The average Bonchev–Trinajstić information content (AvgIpc) is 2.97. The van der Waals surface area contributed by atoms with E-state index < -0.39 is 0 Å². The van der Waals surface area contributed by atoms with Gasteiger partial charge in [0.2, 0.25) is 0 Å². The quantitative estimate of drug-likeness (QED) is 0.603. The number of aryl methyl sites for hydroxylation is 1. The summed E-state index contributed by atoms with van der Waals surface area (Å²) in [7, 11) is 4.68. The minimum Gasteiger partial charge on any atom is -0.496 e. The third-order valence-corrected chi connectivity index (χ3v) is 4.06. The Morgan fingerprint density at radius 1 is 1.09 bits per heavy atom. The molecule has 0 fully saturated rings. The minimum atomic E-state index is -0.0863. The largest absolute Gasteiger partial charge is 0.496 e. The maximum absolute atomic E-state index is 12.2. The first-order chi connectivity index (χ1) is 10.6. The van der Waals surface area contributed by atoms with Crippen LogP contribution >= 0.6 is 11.3 Å². The molecule has 0 aliphatic carbocycles. The number of thiazole rings is 1. The molecule has 1 aromatic carbocycles. The van der Waals surface area contributed by atoms with Crippen LogP contribution in [-0.2, 0) is 0 Å². The topological polar surface area (TPSA) is 57.7 Å². The van der Waals surface area contributed by atoms with Gasteiger partial charge in [0.25, 0.3) is 0 Å². The second kappa shape index (κ2) is 7.09. The summed E-state index contributed by atoms with van der Waals surface area (Å²) in [5, 5.41) is 0. The molecule has 0 aliphatic heterocycles. The zero-order valence-corrected chi connectivity index (χ0v) is 13.7. The van der Waals surface area contributed by atoms with E-state index in [-0.39, 0.29) is 5.78 Å². The molecule has 116 valence electrons. The van der Waals surface area contributed by atoms with Gasteiger partial charge in [0.05, 0.1) is 37.4 Å². The van der Waals surface area contributed by atoms with Crippen molar-refractivity contribution in [1.29, 1.82) is 0 Å². The summed E-state index contributed by atoms with van der Waals surface area (Å²) in [6.07, 6.45) is 3.20. The fourth-order valence-corrected chi connectivity index (χ4v) is 2.69. The fraction of sp³-hybridized carbons (Fsp3) is 0.250. The minimum absolute atomic E-state index is 0.0863. The van der Waals surface area contributed by atoms with E-state index in [1.807, 2.05) is 6.92 Å². The van der Waals surface area contributed by atoms with Crippen LogP contribution in [0.3, 0.4) is 0 Å². The molecule has 0 saturated carbocycles.